The van der Waals surface area contributed by atoms with Crippen molar-refractivity contribution in [3.63, 3.8) is 0 Å². The highest BCUT2D eigenvalue weighted by molar-refractivity contribution is 5.77. The van der Waals surface area contributed by atoms with E-state index in [1.54, 1.807) is 13.8 Å². The monoisotopic (exact) mass is 630 g/mol. The number of aldehydes is 1. The van der Waals surface area contributed by atoms with Crippen LogP contribution in [0, 0.1) is 0 Å². The zero-order valence-corrected chi connectivity index (χ0v) is 21.9. The van der Waals surface area contributed by atoms with Crippen LogP contribution in [-0.4, -0.2) is 46.3 Å². The fourth-order valence-corrected chi connectivity index (χ4v) is 3.91. The molecular weight excluding hydrogens is 604 g/mol. The lowest BCUT2D eigenvalue weighted by Crippen LogP contribution is -2.54. The molecule has 0 amide bonds. The summed E-state index contributed by atoms with van der Waals surface area (Å²) in [6.07, 6.45) is -22.1. The van der Waals surface area contributed by atoms with Crippen molar-refractivity contribution in [3.05, 3.63) is 69.8 Å². The minimum atomic E-state index is -5.93. The number of aliphatic hydroxyl groups is 3. The number of hydrogen-bond donors (Lipinski definition) is 3. The quantitative estimate of drug-likeness (QED) is 0.213. The largest absolute Gasteiger partial charge is 0.430 e. The van der Waals surface area contributed by atoms with Gasteiger partial charge in [0.25, 0.3) is 11.2 Å². The maximum absolute atomic E-state index is 12.8. The van der Waals surface area contributed by atoms with Gasteiger partial charge in [-0.15, -0.1) is 0 Å². The second kappa shape index (κ2) is 13.2. The summed E-state index contributed by atoms with van der Waals surface area (Å²) in [5, 5.41) is 27.6. The third kappa shape index (κ3) is 7.37. The van der Waals surface area contributed by atoms with Gasteiger partial charge in [-0.2, -0.15) is 52.7 Å². The van der Waals surface area contributed by atoms with E-state index in [1.165, 1.54) is 0 Å². The predicted molar refractivity (Wildman–Crippen MR) is 124 cm³/mol. The van der Waals surface area contributed by atoms with Crippen LogP contribution in [0.25, 0.3) is 0 Å². The van der Waals surface area contributed by atoms with Gasteiger partial charge >= 0.3 is 24.7 Å². The standard InChI is InChI=1S/C13H14F6O2.C13H12F6O2/c2*1-2-3-8-6-10(5-4-9(8)7-20)11(21,12(14,15)16)13(17,18)19/h4-6,20-21H,2-3,7H2,1H3;4-7,21H,2-3H2,1H3. The van der Waals surface area contributed by atoms with Gasteiger partial charge in [0.05, 0.1) is 6.61 Å². The number of hydrogen-bond acceptors (Lipinski definition) is 4. The van der Waals surface area contributed by atoms with Crippen LogP contribution in [-0.2, 0) is 30.7 Å². The first-order valence-corrected chi connectivity index (χ1v) is 12.0. The summed E-state index contributed by atoms with van der Waals surface area (Å²) in [7, 11) is 0. The first kappa shape index (κ1) is 37.2. The molecule has 0 unspecified atom stereocenters. The Bertz CT molecular complexity index is 1170. The average molecular weight is 630 g/mol. The van der Waals surface area contributed by atoms with Crippen LogP contribution in [0.15, 0.2) is 36.4 Å². The molecule has 4 nitrogen and oxygen atoms in total. The first-order valence-electron chi connectivity index (χ1n) is 12.0. The van der Waals surface area contributed by atoms with Gasteiger partial charge in [-0.1, -0.05) is 63.1 Å². The van der Waals surface area contributed by atoms with Crippen LogP contribution in [0.5, 0.6) is 0 Å². The summed E-state index contributed by atoms with van der Waals surface area (Å²) in [6.45, 7) is 2.83. The smallest absolute Gasteiger partial charge is 0.392 e. The molecule has 0 atom stereocenters. The molecule has 2 aromatic carbocycles. The van der Waals surface area contributed by atoms with E-state index in [4.69, 9.17) is 5.11 Å². The number of carbonyl (C=O) groups excluding carboxylic acids is 1. The van der Waals surface area contributed by atoms with E-state index in [-0.39, 0.29) is 35.1 Å². The van der Waals surface area contributed by atoms with Crippen molar-refractivity contribution in [1.29, 1.82) is 0 Å². The Balaban J connectivity index is 0.000000420. The van der Waals surface area contributed by atoms with E-state index < -0.39 is 53.6 Å². The SMILES string of the molecule is CCCc1cc(C(O)(C(F)(F)F)C(F)(F)F)ccc1C=O.CCCc1cc(C(O)(C(F)(F)F)C(F)(F)F)ccc1CO. The lowest BCUT2D eigenvalue weighted by molar-refractivity contribution is -0.376. The lowest BCUT2D eigenvalue weighted by Gasteiger charge is -2.33. The molecule has 42 heavy (non-hydrogen) atoms. The van der Waals surface area contributed by atoms with Gasteiger partial charge in [0.2, 0.25) is 0 Å². The number of halogens is 12. The zero-order valence-electron chi connectivity index (χ0n) is 21.9. The fourth-order valence-electron chi connectivity index (χ4n) is 3.91. The Morgan fingerprint density at radius 2 is 0.952 bits per heavy atom. The van der Waals surface area contributed by atoms with Gasteiger partial charge < -0.3 is 15.3 Å². The molecule has 16 heteroatoms. The van der Waals surface area contributed by atoms with E-state index in [2.05, 4.69) is 0 Å². The lowest BCUT2D eigenvalue weighted by atomic mass is 9.88. The molecule has 238 valence electrons. The molecule has 0 spiro atoms. The minimum absolute atomic E-state index is 0.00713. The summed E-state index contributed by atoms with van der Waals surface area (Å²) < 4.78 is 153. The molecule has 2 rings (SSSR count). The van der Waals surface area contributed by atoms with Crippen LogP contribution in [0.2, 0.25) is 0 Å². The van der Waals surface area contributed by atoms with Gasteiger partial charge in [0, 0.05) is 16.7 Å². The molecule has 0 aliphatic heterocycles. The third-order valence-electron chi connectivity index (χ3n) is 6.16. The van der Waals surface area contributed by atoms with Gasteiger partial charge in [-0.25, -0.2) is 0 Å². The molecule has 0 radical (unpaired) electrons. The highest BCUT2D eigenvalue weighted by atomic mass is 19.4. The minimum Gasteiger partial charge on any atom is -0.392 e. The summed E-state index contributed by atoms with van der Waals surface area (Å²) >= 11 is 0. The summed E-state index contributed by atoms with van der Waals surface area (Å²) in [5.74, 6) is 0. The van der Waals surface area contributed by atoms with Crippen molar-refractivity contribution in [2.24, 2.45) is 0 Å². The molecule has 2 aromatic rings. The molecule has 0 heterocycles. The number of benzene rings is 2. The van der Waals surface area contributed by atoms with Crippen LogP contribution >= 0.6 is 0 Å². The summed E-state index contributed by atoms with van der Waals surface area (Å²) in [6, 6.07) is 4.03. The summed E-state index contributed by atoms with van der Waals surface area (Å²) in [4.78, 5) is 10.7. The molecule has 0 bridgehead atoms. The molecular formula is C26H26F12O4. The van der Waals surface area contributed by atoms with E-state index in [1.807, 2.05) is 0 Å². The van der Waals surface area contributed by atoms with Gasteiger partial charge in [0.15, 0.2) is 0 Å². The van der Waals surface area contributed by atoms with Gasteiger partial charge in [-0.3, -0.25) is 4.79 Å². The Kier molecular flexibility index (Phi) is 11.7. The van der Waals surface area contributed by atoms with Crippen molar-refractivity contribution in [2.45, 2.75) is 82.0 Å². The topological polar surface area (TPSA) is 77.8 Å². The van der Waals surface area contributed by atoms with Crippen LogP contribution < -0.4 is 0 Å². The van der Waals surface area contributed by atoms with Crippen molar-refractivity contribution in [1.82, 2.24) is 0 Å². The number of rotatable bonds is 8. The number of aryl methyl sites for hydroxylation is 2. The second-order valence-corrected chi connectivity index (χ2v) is 9.08. The number of aliphatic hydroxyl groups excluding tert-OH is 1. The number of alkyl halides is 12. The zero-order chi connectivity index (χ0) is 32.9. The van der Waals surface area contributed by atoms with Gasteiger partial charge in [-0.05, 0) is 29.5 Å². The van der Waals surface area contributed by atoms with E-state index in [0.29, 0.717) is 43.4 Å². The molecule has 0 aliphatic rings. The maximum Gasteiger partial charge on any atom is 0.430 e. The highest BCUT2D eigenvalue weighted by Gasteiger charge is 2.72. The average Bonchev–Trinajstić information content (AvgIpc) is 2.85. The second-order valence-electron chi connectivity index (χ2n) is 9.08. The fraction of sp³-hybridized carbons (Fsp3) is 0.500. The maximum atomic E-state index is 12.8. The Labute approximate surface area is 231 Å². The van der Waals surface area contributed by atoms with E-state index in [9.17, 15) is 67.7 Å². The van der Waals surface area contributed by atoms with Crippen LogP contribution in [0.1, 0.15) is 64.9 Å². The Morgan fingerprint density at radius 3 is 1.29 bits per heavy atom. The van der Waals surface area contributed by atoms with Crippen molar-refractivity contribution in [2.75, 3.05) is 0 Å². The number of carbonyl (C=O) groups is 1. The van der Waals surface area contributed by atoms with Crippen molar-refractivity contribution < 1.29 is 72.8 Å². The molecule has 0 aromatic heterocycles. The van der Waals surface area contributed by atoms with Crippen LogP contribution in [0.4, 0.5) is 52.7 Å². The predicted octanol–water partition coefficient (Wildman–Crippen LogP) is 7.21. The molecule has 0 saturated carbocycles. The van der Waals surface area contributed by atoms with Crippen molar-refractivity contribution >= 4 is 6.29 Å². The first-order chi connectivity index (χ1) is 19.0. The molecule has 0 saturated heterocycles. The molecule has 0 aliphatic carbocycles. The third-order valence-corrected chi connectivity index (χ3v) is 6.16. The molecule has 0 fully saturated rings. The van der Waals surface area contributed by atoms with Crippen LogP contribution in [0.3, 0.4) is 0 Å². The van der Waals surface area contributed by atoms with E-state index >= 15 is 0 Å². The normalized spacial score (nSPS) is 13.5. The Hall–Kier alpha value is -2.85. The van der Waals surface area contributed by atoms with Gasteiger partial charge in [0.1, 0.15) is 6.29 Å². The molecule has 3 N–H and O–H groups in total. The van der Waals surface area contributed by atoms with E-state index in [0.717, 1.165) is 12.1 Å². The highest BCUT2D eigenvalue weighted by Crippen LogP contribution is 2.51. The van der Waals surface area contributed by atoms with Crippen molar-refractivity contribution in [3.8, 4) is 0 Å². The summed E-state index contributed by atoms with van der Waals surface area (Å²) in [5.41, 5.74) is -12.2. The Morgan fingerprint density at radius 1 is 0.595 bits per heavy atom.